The number of para-hydroxylation sites is 1. The zero-order valence-electron chi connectivity index (χ0n) is 19.1. The first-order valence-corrected chi connectivity index (χ1v) is 11.1. The second-order valence-electron chi connectivity index (χ2n) is 7.86. The number of allylic oxidation sites excluding steroid dienone is 1. The Bertz CT molecular complexity index is 1390. The topological polar surface area (TPSA) is 119 Å². The summed E-state index contributed by atoms with van der Waals surface area (Å²) in [4.78, 5) is 8.89. The first-order valence-electron chi connectivity index (χ1n) is 11.1. The van der Waals surface area contributed by atoms with E-state index in [0.29, 0.717) is 17.6 Å². The van der Waals surface area contributed by atoms with E-state index < -0.39 is 5.82 Å². The molecule has 11 heteroatoms. The molecule has 4 heterocycles. The number of ether oxygens (including phenoxy) is 1. The summed E-state index contributed by atoms with van der Waals surface area (Å²) in [7, 11) is 1.75. The maximum Gasteiger partial charge on any atom is 0.228 e. The highest BCUT2D eigenvalue weighted by molar-refractivity contribution is 5.70. The number of nitrogens with zero attached hydrogens (tertiary/aromatic N) is 6. The van der Waals surface area contributed by atoms with Crippen molar-refractivity contribution in [1.82, 2.24) is 34.6 Å². The summed E-state index contributed by atoms with van der Waals surface area (Å²) in [6, 6.07) is 10.2. The third kappa shape index (κ3) is 4.60. The molecular formula is C24H24FN9O. The third-order valence-corrected chi connectivity index (χ3v) is 5.64. The number of hydrogen-bond donors (Lipinski definition) is 3. The van der Waals surface area contributed by atoms with Crippen LogP contribution < -0.4 is 15.4 Å². The van der Waals surface area contributed by atoms with E-state index in [0.717, 1.165) is 42.3 Å². The monoisotopic (exact) mass is 473 g/mol. The molecule has 4 aromatic rings. The van der Waals surface area contributed by atoms with Crippen LogP contribution in [0.2, 0.25) is 0 Å². The fourth-order valence-corrected chi connectivity index (χ4v) is 3.96. The van der Waals surface area contributed by atoms with Crippen molar-refractivity contribution < 1.29 is 9.13 Å². The lowest BCUT2D eigenvalue weighted by atomic mass is 10.2. The maximum absolute atomic E-state index is 13.9. The van der Waals surface area contributed by atoms with E-state index in [-0.39, 0.29) is 12.4 Å². The molecule has 0 aliphatic carbocycles. The third-order valence-electron chi connectivity index (χ3n) is 5.64. The van der Waals surface area contributed by atoms with Crippen LogP contribution in [0.15, 0.2) is 60.7 Å². The Morgan fingerprint density at radius 1 is 1.23 bits per heavy atom. The Morgan fingerprint density at radius 2 is 2.11 bits per heavy atom. The van der Waals surface area contributed by atoms with E-state index >= 15 is 0 Å². The van der Waals surface area contributed by atoms with E-state index in [1.165, 1.54) is 12.3 Å². The molecule has 0 bridgehead atoms. The van der Waals surface area contributed by atoms with Gasteiger partial charge in [-0.15, -0.1) is 10.2 Å². The Morgan fingerprint density at radius 3 is 2.94 bits per heavy atom. The molecule has 178 valence electrons. The molecule has 35 heavy (non-hydrogen) atoms. The van der Waals surface area contributed by atoms with E-state index in [9.17, 15) is 4.39 Å². The van der Waals surface area contributed by atoms with Crippen molar-refractivity contribution in [2.75, 3.05) is 12.4 Å². The number of nitrogens with one attached hydrogen (secondary N) is 3. The highest BCUT2D eigenvalue weighted by Crippen LogP contribution is 2.30. The van der Waals surface area contributed by atoms with Gasteiger partial charge in [-0.2, -0.15) is 0 Å². The predicted octanol–water partition coefficient (Wildman–Crippen LogP) is 3.45. The molecule has 0 atom stereocenters. The Labute approximate surface area is 201 Å². The summed E-state index contributed by atoms with van der Waals surface area (Å²) >= 11 is 0. The summed E-state index contributed by atoms with van der Waals surface area (Å²) in [6.07, 6.45) is 7.38. The lowest BCUT2D eigenvalue weighted by Crippen LogP contribution is -2.16. The van der Waals surface area contributed by atoms with Crippen molar-refractivity contribution in [3.05, 3.63) is 72.3 Å². The van der Waals surface area contributed by atoms with Crippen molar-refractivity contribution in [3.8, 4) is 28.5 Å². The zero-order valence-corrected chi connectivity index (χ0v) is 19.1. The van der Waals surface area contributed by atoms with Gasteiger partial charge in [0, 0.05) is 44.3 Å². The number of aryl methyl sites for hydroxylation is 1. The molecule has 3 aromatic heterocycles. The van der Waals surface area contributed by atoms with Crippen molar-refractivity contribution in [1.29, 1.82) is 5.41 Å². The van der Waals surface area contributed by atoms with Crippen LogP contribution in [0.1, 0.15) is 12.2 Å². The van der Waals surface area contributed by atoms with Crippen LogP contribution >= 0.6 is 0 Å². The highest BCUT2D eigenvalue weighted by atomic mass is 19.1. The molecule has 10 nitrogen and oxygen atoms in total. The van der Waals surface area contributed by atoms with Crippen molar-refractivity contribution in [2.24, 2.45) is 0 Å². The van der Waals surface area contributed by atoms with Gasteiger partial charge in [-0.1, -0.05) is 12.1 Å². The molecule has 0 fully saturated rings. The highest BCUT2D eigenvalue weighted by Gasteiger charge is 2.22. The minimum absolute atomic E-state index is 0.125. The second kappa shape index (κ2) is 9.75. The van der Waals surface area contributed by atoms with E-state index in [1.54, 1.807) is 37.5 Å². The van der Waals surface area contributed by atoms with Crippen LogP contribution in [0.5, 0.6) is 5.75 Å². The molecule has 1 aromatic carbocycles. The molecule has 0 radical (unpaired) electrons. The minimum Gasteiger partial charge on any atom is -0.483 e. The largest absolute Gasteiger partial charge is 0.483 e. The van der Waals surface area contributed by atoms with Gasteiger partial charge in [0.25, 0.3) is 0 Å². The predicted molar refractivity (Wildman–Crippen MR) is 129 cm³/mol. The summed E-state index contributed by atoms with van der Waals surface area (Å²) < 4.78 is 23.8. The molecular weight excluding hydrogens is 449 g/mol. The summed E-state index contributed by atoms with van der Waals surface area (Å²) in [6.45, 7) is 1.68. The van der Waals surface area contributed by atoms with Gasteiger partial charge >= 0.3 is 0 Å². The van der Waals surface area contributed by atoms with Gasteiger partial charge in [-0.05, 0) is 36.8 Å². The molecule has 1 aliphatic rings. The summed E-state index contributed by atoms with van der Waals surface area (Å²) in [5.41, 5.74) is 2.60. The SMILES string of the molecule is CN/C(=C\C=N)Nc1nccc(-c2cc3n(c2)CCCn2c(COc4ccccc4F)nnc2-3)n1. The first kappa shape index (κ1) is 22.3. The van der Waals surface area contributed by atoms with Gasteiger partial charge in [0.15, 0.2) is 23.2 Å². The Hall–Kier alpha value is -4.54. The number of fused-ring (bicyclic) bond motifs is 3. The molecule has 3 N–H and O–H groups in total. The molecule has 5 rings (SSSR count). The van der Waals surface area contributed by atoms with Gasteiger partial charge in [0.05, 0.1) is 11.4 Å². The van der Waals surface area contributed by atoms with E-state index in [2.05, 4.69) is 35.4 Å². The van der Waals surface area contributed by atoms with Gasteiger partial charge < -0.3 is 29.9 Å². The number of hydrogen-bond acceptors (Lipinski definition) is 8. The van der Waals surface area contributed by atoms with Crippen LogP contribution in [0.25, 0.3) is 22.8 Å². The van der Waals surface area contributed by atoms with Crippen LogP contribution in [0, 0.1) is 11.2 Å². The molecule has 0 unspecified atom stereocenters. The second-order valence-corrected chi connectivity index (χ2v) is 7.86. The fourth-order valence-electron chi connectivity index (χ4n) is 3.96. The van der Waals surface area contributed by atoms with Gasteiger partial charge in [0.1, 0.15) is 12.4 Å². The molecule has 0 saturated heterocycles. The van der Waals surface area contributed by atoms with Crippen LogP contribution in [0.4, 0.5) is 10.3 Å². The minimum atomic E-state index is -0.407. The summed E-state index contributed by atoms with van der Waals surface area (Å²) in [5, 5.41) is 22.0. The quantitative estimate of drug-likeness (QED) is 0.336. The number of benzene rings is 1. The average molecular weight is 474 g/mol. The first-order chi connectivity index (χ1) is 17.2. The van der Waals surface area contributed by atoms with Crippen LogP contribution in [-0.2, 0) is 19.7 Å². The zero-order chi connectivity index (χ0) is 24.2. The molecule has 0 saturated carbocycles. The Kier molecular flexibility index (Phi) is 6.20. The van der Waals surface area contributed by atoms with Gasteiger partial charge in [-0.25, -0.2) is 14.4 Å². The lowest BCUT2D eigenvalue weighted by Gasteiger charge is -2.09. The lowest BCUT2D eigenvalue weighted by molar-refractivity contribution is 0.274. The molecule has 0 spiro atoms. The fraction of sp³-hybridized carbons (Fsp3) is 0.208. The standard InChI is InChI=1S/C24H24FN9O/c1-27-21(7-9-26)30-24-28-10-8-18(29-24)16-13-19-23-32-31-22(34(23)12-4-11-33(19)14-16)15-35-20-6-3-2-5-17(20)25/h2-3,5-10,13-14,26-27H,4,11-12,15H2,1H3,(H,28,29,30)/b21-7+,26-9?. The summed E-state index contributed by atoms with van der Waals surface area (Å²) in [5.74, 6) is 2.19. The number of anilines is 1. The van der Waals surface area contributed by atoms with E-state index in [4.69, 9.17) is 10.1 Å². The van der Waals surface area contributed by atoms with Gasteiger partial charge in [0.2, 0.25) is 5.95 Å². The van der Waals surface area contributed by atoms with Crippen molar-refractivity contribution >= 4 is 12.2 Å². The van der Waals surface area contributed by atoms with Gasteiger partial charge in [-0.3, -0.25) is 0 Å². The van der Waals surface area contributed by atoms with Crippen molar-refractivity contribution in [2.45, 2.75) is 26.1 Å². The smallest absolute Gasteiger partial charge is 0.228 e. The number of rotatable bonds is 8. The average Bonchev–Trinajstić information content (AvgIpc) is 3.43. The normalized spacial score (nSPS) is 12.9. The Balaban J connectivity index is 1.41. The van der Waals surface area contributed by atoms with E-state index in [1.807, 2.05) is 22.9 Å². The van der Waals surface area contributed by atoms with Crippen LogP contribution in [-0.4, -0.2) is 42.6 Å². The molecule has 1 aliphatic heterocycles. The number of aromatic nitrogens is 6. The van der Waals surface area contributed by atoms with Crippen LogP contribution in [0.3, 0.4) is 0 Å². The molecule has 0 amide bonds. The van der Waals surface area contributed by atoms with Crippen molar-refractivity contribution in [3.63, 3.8) is 0 Å². The number of halogens is 1. The maximum atomic E-state index is 13.9.